The molecule has 4 aromatic carbocycles. The highest BCUT2D eigenvalue weighted by molar-refractivity contribution is 5.50. The van der Waals surface area contributed by atoms with Crippen LogP contribution in [-0.4, -0.2) is 0 Å². The van der Waals surface area contributed by atoms with Gasteiger partial charge in [-0.05, 0) is 108 Å². The second-order valence-corrected chi connectivity index (χ2v) is 15.1. The molecule has 2 nitrogen and oxygen atoms in total. The number of unbranched alkanes of at least 4 members (excludes halogenated alkanes) is 6. The van der Waals surface area contributed by atoms with Crippen molar-refractivity contribution in [1.82, 2.24) is 0 Å². The number of nitrogen functional groups attached to an aromatic ring is 2. The van der Waals surface area contributed by atoms with Gasteiger partial charge in [0.05, 0.1) is 0 Å². The van der Waals surface area contributed by atoms with Crippen molar-refractivity contribution in [1.29, 1.82) is 0 Å². The van der Waals surface area contributed by atoms with Crippen LogP contribution in [-0.2, 0) is 5.41 Å². The fraction of sp³-hybridized carbons (Fsp3) is 0.478. The van der Waals surface area contributed by atoms with Crippen molar-refractivity contribution in [3.8, 4) is 0 Å². The number of nitrogens with two attached hydrogens (primary N) is 2. The molecule has 1 saturated carbocycles. The lowest BCUT2D eigenvalue weighted by Crippen LogP contribution is -2.38. The van der Waals surface area contributed by atoms with Gasteiger partial charge in [-0.3, -0.25) is 0 Å². The molecule has 0 aromatic heterocycles. The van der Waals surface area contributed by atoms with Gasteiger partial charge in [-0.25, -0.2) is 0 Å². The van der Waals surface area contributed by atoms with Crippen LogP contribution in [0.1, 0.15) is 161 Å². The van der Waals surface area contributed by atoms with Gasteiger partial charge in [-0.1, -0.05) is 146 Å². The van der Waals surface area contributed by atoms with E-state index < -0.39 is 0 Å². The van der Waals surface area contributed by atoms with Crippen molar-refractivity contribution in [3.05, 3.63) is 129 Å². The normalized spacial score (nSPS) is 16.4. The highest BCUT2D eigenvalue weighted by Crippen LogP contribution is 2.50. The van der Waals surface area contributed by atoms with Crippen LogP contribution < -0.4 is 11.5 Å². The Kier molecular flexibility index (Phi) is 12.5. The quantitative estimate of drug-likeness (QED) is 0.100. The monoisotopic (exact) mass is 642 g/mol. The average Bonchev–Trinajstić information content (AvgIpc) is 3.10. The molecule has 4 N–H and O–H groups in total. The van der Waals surface area contributed by atoms with Crippen LogP contribution in [0.3, 0.4) is 0 Å². The Morgan fingerprint density at radius 1 is 0.583 bits per heavy atom. The third-order valence-corrected chi connectivity index (χ3v) is 11.8. The zero-order valence-electron chi connectivity index (χ0n) is 30.7. The Bertz CT molecular complexity index is 1470. The van der Waals surface area contributed by atoms with Crippen molar-refractivity contribution in [2.24, 2.45) is 5.92 Å². The molecule has 2 atom stereocenters. The molecule has 4 aromatic rings. The number of rotatable bonds is 15. The lowest BCUT2D eigenvalue weighted by molar-refractivity contribution is 0.220. The van der Waals surface area contributed by atoms with Gasteiger partial charge >= 0.3 is 0 Å². The molecule has 48 heavy (non-hydrogen) atoms. The molecule has 0 aliphatic heterocycles. The van der Waals surface area contributed by atoms with Gasteiger partial charge in [0.1, 0.15) is 0 Å². The number of hydrogen-bond acceptors (Lipinski definition) is 2. The van der Waals surface area contributed by atoms with Gasteiger partial charge in [-0.2, -0.15) is 0 Å². The SMILES string of the molecule is CCCCCCCCCC(c1ccc(C(C)c2ccc(N)cc2C)cc1)(c1ccc(C(C)c2ccc(N)cc2C)cc1)C1CCCCC1. The van der Waals surface area contributed by atoms with E-state index in [9.17, 15) is 0 Å². The van der Waals surface area contributed by atoms with Crippen molar-refractivity contribution in [2.45, 2.75) is 135 Å². The first-order valence-corrected chi connectivity index (χ1v) is 19.2. The minimum atomic E-state index is 0.0294. The van der Waals surface area contributed by atoms with Gasteiger partial charge in [0.25, 0.3) is 0 Å². The fourth-order valence-electron chi connectivity index (χ4n) is 8.95. The molecule has 0 radical (unpaired) electrons. The lowest BCUT2D eigenvalue weighted by atomic mass is 9.59. The van der Waals surface area contributed by atoms with Gasteiger partial charge in [-0.15, -0.1) is 0 Å². The summed E-state index contributed by atoms with van der Waals surface area (Å²) in [7, 11) is 0. The topological polar surface area (TPSA) is 52.0 Å². The van der Waals surface area contributed by atoms with Gasteiger partial charge in [0, 0.05) is 28.6 Å². The predicted molar refractivity (Wildman–Crippen MR) is 209 cm³/mol. The second-order valence-electron chi connectivity index (χ2n) is 15.1. The molecule has 0 bridgehead atoms. The smallest absolute Gasteiger partial charge is 0.0316 e. The predicted octanol–water partition coefficient (Wildman–Crippen LogP) is 12.8. The minimum Gasteiger partial charge on any atom is -0.399 e. The standard InChI is InChI=1S/C46H62N2/c1-6-7-8-9-10-11-15-30-46(39-16-13-12-14-17-39,40-22-18-37(19-23-40)35(4)44-28-26-42(47)31-33(44)2)41-24-20-38(21-25-41)36(5)45-29-27-43(48)32-34(45)3/h18-29,31-32,35-36,39H,6-17,30,47-48H2,1-5H3. The van der Waals surface area contributed by atoms with E-state index in [1.807, 2.05) is 12.1 Å². The number of anilines is 2. The Morgan fingerprint density at radius 2 is 1.02 bits per heavy atom. The number of hydrogen-bond donors (Lipinski definition) is 2. The van der Waals surface area contributed by atoms with E-state index in [2.05, 4.69) is 107 Å². The summed E-state index contributed by atoms with van der Waals surface area (Å²) in [6.45, 7) is 11.4. The van der Waals surface area contributed by atoms with E-state index in [1.54, 1.807) is 0 Å². The number of benzene rings is 4. The summed E-state index contributed by atoms with van der Waals surface area (Å²) in [6.07, 6.45) is 17.3. The molecule has 0 heterocycles. The van der Waals surface area contributed by atoms with Crippen LogP contribution in [0.4, 0.5) is 11.4 Å². The van der Waals surface area contributed by atoms with Crippen LogP contribution in [0.5, 0.6) is 0 Å². The summed E-state index contributed by atoms with van der Waals surface area (Å²) < 4.78 is 0. The molecule has 0 spiro atoms. The Labute approximate surface area is 292 Å². The maximum atomic E-state index is 6.10. The summed E-state index contributed by atoms with van der Waals surface area (Å²) >= 11 is 0. The van der Waals surface area contributed by atoms with Gasteiger partial charge < -0.3 is 11.5 Å². The van der Waals surface area contributed by atoms with E-state index in [0.29, 0.717) is 17.8 Å². The van der Waals surface area contributed by atoms with E-state index in [1.165, 1.54) is 128 Å². The maximum absolute atomic E-state index is 6.10. The molecule has 2 unspecified atom stereocenters. The number of aryl methyl sites for hydroxylation is 2. The Hall–Kier alpha value is -3.52. The molecule has 1 aliphatic carbocycles. The minimum absolute atomic E-state index is 0.0294. The molecule has 0 amide bonds. The first kappa shape index (κ1) is 35.8. The van der Waals surface area contributed by atoms with Crippen molar-refractivity contribution < 1.29 is 0 Å². The van der Waals surface area contributed by atoms with E-state index >= 15 is 0 Å². The van der Waals surface area contributed by atoms with Crippen molar-refractivity contribution >= 4 is 11.4 Å². The van der Waals surface area contributed by atoms with Crippen molar-refractivity contribution in [2.75, 3.05) is 11.5 Å². The first-order chi connectivity index (χ1) is 23.2. The van der Waals surface area contributed by atoms with Crippen LogP contribution in [0.25, 0.3) is 0 Å². The highest BCUT2D eigenvalue weighted by atomic mass is 14.5. The average molecular weight is 643 g/mol. The second kappa shape index (κ2) is 16.7. The van der Waals surface area contributed by atoms with Crippen LogP contribution in [0.2, 0.25) is 0 Å². The van der Waals surface area contributed by atoms with Crippen LogP contribution in [0, 0.1) is 19.8 Å². The van der Waals surface area contributed by atoms with E-state index in [0.717, 1.165) is 11.4 Å². The molecule has 0 saturated heterocycles. The van der Waals surface area contributed by atoms with E-state index in [4.69, 9.17) is 11.5 Å². The van der Waals surface area contributed by atoms with Crippen molar-refractivity contribution in [3.63, 3.8) is 0 Å². The zero-order chi connectivity index (χ0) is 34.1. The van der Waals surface area contributed by atoms with Crippen LogP contribution in [0.15, 0.2) is 84.9 Å². The molecule has 1 fully saturated rings. The summed E-state index contributed by atoms with van der Waals surface area (Å²) in [5.41, 5.74) is 25.0. The van der Waals surface area contributed by atoms with Crippen LogP contribution >= 0.6 is 0 Å². The molecule has 1 aliphatic rings. The maximum Gasteiger partial charge on any atom is 0.0316 e. The van der Waals surface area contributed by atoms with Gasteiger partial charge in [0.2, 0.25) is 0 Å². The molecule has 2 heteroatoms. The first-order valence-electron chi connectivity index (χ1n) is 19.2. The van der Waals surface area contributed by atoms with Gasteiger partial charge in [0.15, 0.2) is 0 Å². The summed E-state index contributed by atoms with van der Waals surface area (Å²) in [6, 6.07) is 32.5. The molecular weight excluding hydrogens is 581 g/mol. The molecule has 5 rings (SSSR count). The zero-order valence-corrected chi connectivity index (χ0v) is 30.7. The summed E-state index contributed by atoms with van der Waals surface area (Å²) in [5.74, 6) is 1.31. The van der Waals surface area contributed by atoms with E-state index in [-0.39, 0.29) is 5.41 Å². The summed E-state index contributed by atoms with van der Waals surface area (Å²) in [5, 5.41) is 0. The highest BCUT2D eigenvalue weighted by Gasteiger charge is 2.42. The molecular formula is C46H62N2. The fourth-order valence-corrected chi connectivity index (χ4v) is 8.95. The third-order valence-electron chi connectivity index (χ3n) is 11.8. The third kappa shape index (κ3) is 8.19. The molecule has 256 valence electrons. The Morgan fingerprint density at radius 3 is 1.46 bits per heavy atom. The lowest BCUT2D eigenvalue weighted by Gasteiger charge is -2.45. The summed E-state index contributed by atoms with van der Waals surface area (Å²) in [4.78, 5) is 0. The largest absolute Gasteiger partial charge is 0.399 e. The Balaban J connectivity index is 1.51.